The molecule has 0 atom stereocenters. The van der Waals surface area contributed by atoms with Crippen LogP contribution in [0.15, 0.2) is 193 Å². The van der Waals surface area contributed by atoms with E-state index < -0.39 is 10.8 Å². The minimum Gasteiger partial charge on any atom is -0.192 e. The number of fused-ring (bicyclic) bond motifs is 12. The molecule has 0 radical (unpaired) electrons. The van der Waals surface area contributed by atoms with Gasteiger partial charge in [-0.2, -0.15) is 38.5 Å². The van der Waals surface area contributed by atoms with E-state index in [4.69, 9.17) is 8.75 Å². The molecular formula is C78H44N8S7. The maximum absolute atomic E-state index is 9.57. The summed E-state index contributed by atoms with van der Waals surface area (Å²) in [6.07, 6.45) is 3.17. The fourth-order valence-corrected chi connectivity index (χ4v) is 21.5. The van der Waals surface area contributed by atoms with Crippen molar-refractivity contribution in [2.45, 2.75) is 38.5 Å². The molecule has 15 aromatic rings. The average Bonchev–Trinajstić information content (AvgIpc) is 1.50. The SMILES string of the molecule is Cc1ccc(C2(c3ccc(C)cc3)c3cc4c(cc3-c3sc5cc(-c6ccc(-c7ccc(C=C(C#N)C#N)c8nsnc78)s6)ccc5c32)C(c2ccc(C)cc2)(c2ccc(C)cc2)c2c-4sc3cc(-c4ccc(-c5ccc(C=C(C#N)C#N)c6nsnc56)s4)sc23)cc1. The Labute approximate surface area is 563 Å². The summed E-state index contributed by atoms with van der Waals surface area (Å²) in [4.78, 5) is 8.20. The van der Waals surface area contributed by atoms with Crippen LogP contribution in [0.2, 0.25) is 0 Å². The van der Waals surface area contributed by atoms with Crippen molar-refractivity contribution in [2.75, 3.05) is 0 Å². The molecule has 0 bridgehead atoms. The Bertz CT molecular complexity index is 5790. The second-order valence-corrected chi connectivity index (χ2v) is 30.1. The van der Waals surface area contributed by atoms with Crippen molar-refractivity contribution in [2.24, 2.45) is 0 Å². The molecule has 15 heteroatoms. The number of benzene rings is 8. The monoisotopic (exact) mass is 1320 g/mol. The minimum absolute atomic E-state index is 0.0193. The molecule has 0 aliphatic heterocycles. The van der Waals surface area contributed by atoms with Gasteiger partial charge in [-0.15, -0.1) is 56.7 Å². The summed E-state index contributed by atoms with van der Waals surface area (Å²) in [7, 11) is 0. The lowest BCUT2D eigenvalue weighted by molar-refractivity contribution is 0.766. The fourth-order valence-electron chi connectivity index (χ4n) is 14.1. The van der Waals surface area contributed by atoms with Gasteiger partial charge in [-0.05, 0) is 149 Å². The Morgan fingerprint density at radius 1 is 0.366 bits per heavy atom. The lowest BCUT2D eigenvalue weighted by Gasteiger charge is -2.36. The average molecular weight is 1320 g/mol. The molecule has 2 aliphatic carbocycles. The number of allylic oxidation sites excluding steroid dienone is 2. The smallest absolute Gasteiger partial charge is 0.130 e. The normalized spacial score (nSPS) is 13.1. The first-order chi connectivity index (χ1) is 45.5. The predicted molar refractivity (Wildman–Crippen MR) is 386 cm³/mol. The molecule has 438 valence electrons. The number of nitrogens with zero attached hydrogens (tertiary/aromatic N) is 8. The Morgan fingerprint density at radius 2 is 0.785 bits per heavy atom. The topological polar surface area (TPSA) is 147 Å². The first-order valence-corrected chi connectivity index (χ1v) is 35.4. The number of rotatable bonds is 10. The molecular weight excluding hydrogens is 1270 g/mol. The fraction of sp³-hybridized carbons (Fsp3) is 0.0769. The Hall–Kier alpha value is -10.1. The zero-order valence-electron chi connectivity index (χ0n) is 49.9. The third kappa shape index (κ3) is 8.57. The van der Waals surface area contributed by atoms with Crippen LogP contribution in [-0.4, -0.2) is 17.5 Å². The lowest BCUT2D eigenvalue weighted by atomic mass is 9.65. The molecule has 8 nitrogen and oxygen atoms in total. The number of aromatic nitrogens is 4. The van der Waals surface area contributed by atoms with Crippen LogP contribution in [0.25, 0.3) is 116 Å². The van der Waals surface area contributed by atoms with Crippen molar-refractivity contribution in [3.8, 4) is 86.2 Å². The van der Waals surface area contributed by atoms with Crippen molar-refractivity contribution in [3.63, 3.8) is 0 Å². The second-order valence-electron chi connectivity index (χ2n) is 23.8. The molecule has 0 fully saturated rings. The van der Waals surface area contributed by atoms with Gasteiger partial charge in [0.15, 0.2) is 0 Å². The van der Waals surface area contributed by atoms with Gasteiger partial charge in [-0.3, -0.25) is 0 Å². The quantitative estimate of drug-likeness (QED) is 0.123. The van der Waals surface area contributed by atoms with Gasteiger partial charge in [0.05, 0.1) is 39.0 Å². The van der Waals surface area contributed by atoms with Crippen molar-refractivity contribution >= 4 is 134 Å². The first kappa shape index (κ1) is 56.8. The van der Waals surface area contributed by atoms with Gasteiger partial charge >= 0.3 is 0 Å². The molecule has 8 aromatic carbocycles. The van der Waals surface area contributed by atoms with E-state index in [0.717, 1.165) is 65.8 Å². The number of thiophene rings is 5. The van der Waals surface area contributed by atoms with Gasteiger partial charge in [0.25, 0.3) is 0 Å². The number of hydrogen-bond acceptors (Lipinski definition) is 15. The number of nitriles is 4. The van der Waals surface area contributed by atoms with Crippen LogP contribution in [0.4, 0.5) is 0 Å². The third-order valence-corrected chi connectivity index (χ3v) is 25.6. The molecule has 0 saturated heterocycles. The predicted octanol–water partition coefficient (Wildman–Crippen LogP) is 21.8. The van der Waals surface area contributed by atoms with E-state index in [0.29, 0.717) is 22.2 Å². The van der Waals surface area contributed by atoms with Gasteiger partial charge in [0.2, 0.25) is 0 Å². The molecule has 0 spiro atoms. The van der Waals surface area contributed by atoms with Gasteiger partial charge in [-0.1, -0.05) is 156 Å². The zero-order chi connectivity index (χ0) is 63.0. The highest BCUT2D eigenvalue weighted by molar-refractivity contribution is 7.33. The van der Waals surface area contributed by atoms with E-state index in [1.165, 1.54) is 117 Å². The van der Waals surface area contributed by atoms with Crippen molar-refractivity contribution in [3.05, 3.63) is 271 Å². The Kier molecular flexibility index (Phi) is 13.3. The minimum atomic E-state index is -0.703. The first-order valence-electron chi connectivity index (χ1n) is 29.9. The van der Waals surface area contributed by atoms with Crippen molar-refractivity contribution in [1.29, 1.82) is 21.0 Å². The summed E-state index contributed by atoms with van der Waals surface area (Å²) in [5, 5.41) is 39.5. The van der Waals surface area contributed by atoms with E-state index in [-0.39, 0.29) is 11.1 Å². The van der Waals surface area contributed by atoms with Gasteiger partial charge in [0.1, 0.15) is 57.5 Å². The van der Waals surface area contributed by atoms with Gasteiger partial charge in [-0.25, -0.2) is 0 Å². The highest BCUT2D eigenvalue weighted by Crippen LogP contribution is 2.68. The molecule has 0 unspecified atom stereocenters. The highest BCUT2D eigenvalue weighted by atomic mass is 32.1. The van der Waals surface area contributed by atoms with E-state index in [1.54, 1.807) is 34.8 Å². The van der Waals surface area contributed by atoms with Crippen molar-refractivity contribution < 1.29 is 0 Å². The summed E-state index contributed by atoms with van der Waals surface area (Å²) in [6, 6.07) is 76.5. The van der Waals surface area contributed by atoms with Crippen LogP contribution < -0.4 is 0 Å². The van der Waals surface area contributed by atoms with Crippen LogP contribution in [0, 0.1) is 73.0 Å². The van der Waals surface area contributed by atoms with Gasteiger partial charge in [0, 0.05) is 71.4 Å². The highest BCUT2D eigenvalue weighted by Gasteiger charge is 2.54. The molecule has 93 heavy (non-hydrogen) atoms. The van der Waals surface area contributed by atoms with Crippen LogP contribution in [0.5, 0.6) is 0 Å². The van der Waals surface area contributed by atoms with Crippen LogP contribution in [0.3, 0.4) is 0 Å². The largest absolute Gasteiger partial charge is 0.192 e. The second kappa shape index (κ2) is 21.8. The van der Waals surface area contributed by atoms with Crippen molar-refractivity contribution in [1.82, 2.24) is 17.5 Å². The van der Waals surface area contributed by atoms with Crippen LogP contribution >= 0.6 is 80.1 Å². The molecule has 17 rings (SSSR count). The number of hydrogen-bond donors (Lipinski definition) is 0. The molecule has 7 heterocycles. The van der Waals surface area contributed by atoms with E-state index in [1.807, 2.05) is 82.6 Å². The summed E-state index contributed by atoms with van der Waals surface area (Å²) in [5.41, 5.74) is 23.4. The van der Waals surface area contributed by atoms with E-state index in [9.17, 15) is 21.0 Å². The Balaban J connectivity index is 0.873. The van der Waals surface area contributed by atoms with Crippen LogP contribution in [0.1, 0.15) is 77.9 Å². The zero-order valence-corrected chi connectivity index (χ0v) is 55.6. The molecule has 0 amide bonds. The molecule has 0 saturated carbocycles. The summed E-state index contributed by atoms with van der Waals surface area (Å²) in [6.45, 7) is 8.71. The van der Waals surface area contributed by atoms with E-state index in [2.05, 4.69) is 194 Å². The molecule has 7 aromatic heterocycles. The molecule has 0 N–H and O–H groups in total. The summed E-state index contributed by atoms with van der Waals surface area (Å²) < 4.78 is 22.4. The lowest BCUT2D eigenvalue weighted by Crippen LogP contribution is -2.30. The van der Waals surface area contributed by atoms with Crippen LogP contribution in [-0.2, 0) is 10.8 Å². The maximum atomic E-state index is 9.57. The standard InChI is InChI=1S/C78H44N8S7/c1-41-5-16-50(17-6-41)77(51-18-7-42(2)8-19-51)59-35-58-60(34-57(59)74-68(77)54-24-13-47(33-65(54)89-74)61-27-28-62(87-61)55-25-14-48(31-45(37-79)38-80)70-72(55)85-92-83-70)78(52-20-9-43(3)10-21-52,53-22-11-44(4)12-23-53)69-75(58)91-67-36-66(90-76(67)69)64-30-29-63(88-64)56-26-15-49(32-46(39-81)40-82)71-73(56)86-93-84-71/h5-36H,1-4H3. The summed E-state index contributed by atoms with van der Waals surface area (Å²) >= 11 is 11.4. The van der Waals surface area contributed by atoms with Gasteiger partial charge < -0.3 is 0 Å². The summed E-state index contributed by atoms with van der Waals surface area (Å²) in [5.74, 6) is 0. The molecule has 2 aliphatic rings. The third-order valence-electron chi connectivity index (χ3n) is 18.4. The maximum Gasteiger partial charge on any atom is 0.130 e. The van der Waals surface area contributed by atoms with E-state index >= 15 is 0 Å². The number of aryl methyl sites for hydroxylation is 4. The Morgan fingerprint density at radius 3 is 1.27 bits per heavy atom.